The van der Waals surface area contributed by atoms with Crippen LogP contribution in [0.5, 0.6) is 0 Å². The third-order valence-corrected chi connectivity index (χ3v) is 4.46. The molecule has 0 radical (unpaired) electrons. The van der Waals surface area contributed by atoms with Crippen LogP contribution in [0, 0.1) is 0 Å². The number of fused-ring (bicyclic) bond motifs is 1. The predicted octanol–water partition coefficient (Wildman–Crippen LogP) is 1.17. The minimum Gasteiger partial charge on any atom is -0.479 e. The van der Waals surface area contributed by atoms with Crippen molar-refractivity contribution in [2.45, 2.75) is 19.4 Å². The molecule has 2 N–H and O–H groups in total. The molecule has 110 valence electrons. The summed E-state index contributed by atoms with van der Waals surface area (Å²) in [5.74, 6) is -1.02. The SMILES string of the molecule is CCN(CCO)C(=O)N1CCc2sccc2C1C(=O)O. The van der Waals surface area contributed by atoms with E-state index in [-0.39, 0.29) is 19.2 Å². The number of carboxylic acids is 1. The number of rotatable bonds is 4. The van der Waals surface area contributed by atoms with Gasteiger partial charge < -0.3 is 20.0 Å². The van der Waals surface area contributed by atoms with Gasteiger partial charge in [0.2, 0.25) is 0 Å². The molecule has 2 amide bonds. The van der Waals surface area contributed by atoms with Gasteiger partial charge >= 0.3 is 12.0 Å². The molecule has 2 rings (SSSR count). The highest BCUT2D eigenvalue weighted by Crippen LogP contribution is 2.34. The summed E-state index contributed by atoms with van der Waals surface area (Å²) >= 11 is 1.53. The number of aliphatic hydroxyl groups excluding tert-OH is 1. The van der Waals surface area contributed by atoms with Crippen LogP contribution < -0.4 is 0 Å². The summed E-state index contributed by atoms with van der Waals surface area (Å²) in [5, 5.41) is 20.3. The Labute approximate surface area is 121 Å². The first-order chi connectivity index (χ1) is 9.60. The molecular formula is C13H18N2O4S. The van der Waals surface area contributed by atoms with Gasteiger partial charge in [-0.15, -0.1) is 11.3 Å². The number of hydrogen-bond acceptors (Lipinski definition) is 4. The zero-order chi connectivity index (χ0) is 14.7. The summed E-state index contributed by atoms with van der Waals surface area (Å²) in [6, 6.07) is 0.525. The van der Waals surface area contributed by atoms with Crippen LogP contribution in [-0.4, -0.2) is 58.3 Å². The van der Waals surface area contributed by atoms with Crippen LogP contribution in [0.4, 0.5) is 4.79 Å². The first-order valence-corrected chi connectivity index (χ1v) is 7.43. The fourth-order valence-electron chi connectivity index (χ4n) is 2.48. The Hall–Kier alpha value is -1.60. The monoisotopic (exact) mass is 298 g/mol. The van der Waals surface area contributed by atoms with E-state index in [9.17, 15) is 14.7 Å². The van der Waals surface area contributed by atoms with E-state index in [0.717, 1.165) is 4.88 Å². The van der Waals surface area contributed by atoms with E-state index in [1.807, 2.05) is 12.3 Å². The zero-order valence-electron chi connectivity index (χ0n) is 11.3. The number of carbonyl (C=O) groups is 2. The molecule has 0 aromatic carbocycles. The quantitative estimate of drug-likeness (QED) is 0.874. The van der Waals surface area contributed by atoms with Crippen LogP contribution in [0.1, 0.15) is 23.4 Å². The summed E-state index contributed by atoms with van der Waals surface area (Å²) in [6.07, 6.45) is 0.680. The Morgan fingerprint density at radius 1 is 1.55 bits per heavy atom. The highest BCUT2D eigenvalue weighted by Gasteiger charge is 2.37. The molecule has 7 heteroatoms. The van der Waals surface area contributed by atoms with Gasteiger partial charge in [-0.05, 0) is 30.4 Å². The Kier molecular flexibility index (Phi) is 4.61. The van der Waals surface area contributed by atoms with Crippen molar-refractivity contribution < 1.29 is 19.8 Å². The second kappa shape index (κ2) is 6.23. The molecule has 1 unspecified atom stereocenters. The van der Waals surface area contributed by atoms with E-state index < -0.39 is 12.0 Å². The molecule has 0 aliphatic carbocycles. The van der Waals surface area contributed by atoms with Gasteiger partial charge in [-0.1, -0.05) is 0 Å². The average Bonchev–Trinajstić information content (AvgIpc) is 2.90. The number of likely N-dealkylation sites (N-methyl/N-ethyl adjacent to an activating group) is 1. The molecule has 0 spiro atoms. The third-order valence-electron chi connectivity index (χ3n) is 3.47. The average molecular weight is 298 g/mol. The normalized spacial score (nSPS) is 17.7. The molecule has 1 aromatic heterocycles. The number of amides is 2. The molecule has 0 saturated heterocycles. The van der Waals surface area contributed by atoms with Crippen molar-refractivity contribution in [3.63, 3.8) is 0 Å². The molecule has 1 aliphatic heterocycles. The maximum Gasteiger partial charge on any atom is 0.331 e. The number of aliphatic carboxylic acids is 1. The van der Waals surface area contributed by atoms with Gasteiger partial charge in [-0.25, -0.2) is 9.59 Å². The highest BCUT2D eigenvalue weighted by atomic mass is 32.1. The molecule has 0 bridgehead atoms. The van der Waals surface area contributed by atoms with Crippen molar-refractivity contribution in [2.24, 2.45) is 0 Å². The summed E-state index contributed by atoms with van der Waals surface area (Å²) in [6.45, 7) is 2.73. The van der Waals surface area contributed by atoms with Gasteiger partial charge in [-0.3, -0.25) is 0 Å². The van der Waals surface area contributed by atoms with Crippen LogP contribution in [0.3, 0.4) is 0 Å². The van der Waals surface area contributed by atoms with Crippen LogP contribution in [0.15, 0.2) is 11.4 Å². The maximum atomic E-state index is 12.4. The van der Waals surface area contributed by atoms with Crippen molar-refractivity contribution in [1.82, 2.24) is 9.80 Å². The number of thiophene rings is 1. The molecule has 1 aliphatic rings. The van der Waals surface area contributed by atoms with E-state index in [0.29, 0.717) is 25.1 Å². The molecule has 0 saturated carbocycles. The number of urea groups is 1. The Bertz CT molecular complexity index is 502. The predicted molar refractivity (Wildman–Crippen MR) is 74.8 cm³/mol. The van der Waals surface area contributed by atoms with Crippen LogP contribution in [-0.2, 0) is 11.2 Å². The van der Waals surface area contributed by atoms with E-state index in [4.69, 9.17) is 5.11 Å². The molecule has 6 nitrogen and oxygen atoms in total. The maximum absolute atomic E-state index is 12.4. The molecule has 2 heterocycles. The van der Waals surface area contributed by atoms with E-state index in [1.54, 1.807) is 6.07 Å². The molecule has 1 atom stereocenters. The number of aliphatic hydroxyl groups is 1. The fraction of sp³-hybridized carbons (Fsp3) is 0.538. The molecule has 1 aromatic rings. The van der Waals surface area contributed by atoms with Crippen molar-refractivity contribution in [1.29, 1.82) is 0 Å². The summed E-state index contributed by atoms with van der Waals surface area (Å²) < 4.78 is 0. The van der Waals surface area contributed by atoms with Crippen LogP contribution >= 0.6 is 11.3 Å². The lowest BCUT2D eigenvalue weighted by atomic mass is 10.0. The Morgan fingerprint density at radius 2 is 2.30 bits per heavy atom. The molecule has 20 heavy (non-hydrogen) atoms. The van der Waals surface area contributed by atoms with E-state index in [1.165, 1.54) is 21.1 Å². The highest BCUT2D eigenvalue weighted by molar-refractivity contribution is 7.10. The van der Waals surface area contributed by atoms with Crippen molar-refractivity contribution in [2.75, 3.05) is 26.2 Å². The van der Waals surface area contributed by atoms with Gasteiger partial charge in [0.05, 0.1) is 6.61 Å². The van der Waals surface area contributed by atoms with Crippen LogP contribution in [0.25, 0.3) is 0 Å². The lowest BCUT2D eigenvalue weighted by Gasteiger charge is -2.36. The van der Waals surface area contributed by atoms with Gasteiger partial charge in [0, 0.05) is 24.5 Å². The summed E-state index contributed by atoms with van der Waals surface area (Å²) in [5.41, 5.74) is 0.710. The van der Waals surface area contributed by atoms with Gasteiger partial charge in [0.1, 0.15) is 0 Å². The van der Waals surface area contributed by atoms with Gasteiger partial charge in [0.25, 0.3) is 0 Å². The lowest BCUT2D eigenvalue weighted by molar-refractivity contribution is -0.143. The smallest absolute Gasteiger partial charge is 0.331 e. The second-order valence-electron chi connectivity index (χ2n) is 4.57. The standard InChI is InChI=1S/C13H18N2O4S/c1-2-14(6-7-16)13(19)15-5-3-10-9(4-8-20-10)11(15)12(17)18/h4,8,11,16H,2-3,5-7H2,1H3,(H,17,18). The van der Waals surface area contributed by atoms with Crippen molar-refractivity contribution in [3.05, 3.63) is 21.9 Å². The largest absolute Gasteiger partial charge is 0.479 e. The topological polar surface area (TPSA) is 81.1 Å². The van der Waals surface area contributed by atoms with Crippen molar-refractivity contribution in [3.8, 4) is 0 Å². The minimum absolute atomic E-state index is 0.130. The number of carbonyl (C=O) groups excluding carboxylic acids is 1. The third kappa shape index (κ3) is 2.64. The van der Waals surface area contributed by atoms with E-state index in [2.05, 4.69) is 0 Å². The Balaban J connectivity index is 2.27. The number of hydrogen-bond donors (Lipinski definition) is 2. The fourth-order valence-corrected chi connectivity index (χ4v) is 3.38. The molecule has 0 fully saturated rings. The summed E-state index contributed by atoms with van der Waals surface area (Å²) in [4.78, 5) is 27.9. The molecular weight excluding hydrogens is 280 g/mol. The van der Waals surface area contributed by atoms with Gasteiger partial charge in [-0.2, -0.15) is 0 Å². The Morgan fingerprint density at radius 3 is 2.90 bits per heavy atom. The van der Waals surface area contributed by atoms with Gasteiger partial charge in [0.15, 0.2) is 6.04 Å². The van der Waals surface area contributed by atoms with Crippen molar-refractivity contribution >= 4 is 23.3 Å². The minimum atomic E-state index is -1.02. The lowest BCUT2D eigenvalue weighted by Crippen LogP contribution is -2.50. The van der Waals surface area contributed by atoms with Crippen LogP contribution in [0.2, 0.25) is 0 Å². The first-order valence-electron chi connectivity index (χ1n) is 6.55. The number of carboxylic acid groups (broad SMARTS) is 1. The number of nitrogens with zero attached hydrogens (tertiary/aromatic N) is 2. The van der Waals surface area contributed by atoms with E-state index >= 15 is 0 Å². The first kappa shape index (κ1) is 14.8. The second-order valence-corrected chi connectivity index (χ2v) is 5.57. The zero-order valence-corrected chi connectivity index (χ0v) is 12.1. The summed E-state index contributed by atoms with van der Waals surface area (Å²) in [7, 11) is 0.